The van der Waals surface area contributed by atoms with Gasteiger partial charge in [-0.3, -0.25) is 14.6 Å². The van der Waals surface area contributed by atoms with Crippen molar-refractivity contribution in [1.29, 1.82) is 0 Å². The average molecular weight is 559 g/mol. The molecule has 0 bridgehead atoms. The second kappa shape index (κ2) is 10.7. The first kappa shape index (κ1) is 26.1. The Bertz CT molecular complexity index is 1540. The monoisotopic (exact) mass is 558 g/mol. The lowest BCUT2D eigenvalue weighted by Crippen LogP contribution is -2.25. The number of carbonyl (C=O) groups is 1. The molecule has 0 unspecified atom stereocenters. The first-order chi connectivity index (χ1) is 18.2. The van der Waals surface area contributed by atoms with E-state index >= 15 is 0 Å². The first-order valence-electron chi connectivity index (χ1n) is 11.7. The number of fused-ring (bicyclic) bond motifs is 1. The van der Waals surface area contributed by atoms with Crippen molar-refractivity contribution in [3.63, 3.8) is 0 Å². The number of aryl methyl sites for hydroxylation is 1. The molecule has 0 saturated carbocycles. The Labute approximate surface area is 225 Å². The summed E-state index contributed by atoms with van der Waals surface area (Å²) in [4.78, 5) is 19.5. The molecule has 12 heteroatoms. The number of H-pyrrole nitrogens is 1. The zero-order chi connectivity index (χ0) is 26.9. The largest absolute Gasteiger partial charge is 0.416 e. The number of alkyl halides is 3. The molecule has 5 rings (SSSR count). The van der Waals surface area contributed by atoms with E-state index in [1.165, 1.54) is 23.9 Å². The summed E-state index contributed by atoms with van der Waals surface area (Å²) < 4.78 is 43.5. The zero-order valence-electron chi connectivity index (χ0n) is 20.2. The van der Waals surface area contributed by atoms with Crippen LogP contribution in [0.25, 0.3) is 16.5 Å². The van der Waals surface area contributed by atoms with E-state index < -0.39 is 17.6 Å². The third-order valence-corrected chi connectivity index (χ3v) is 7.60. The lowest BCUT2D eigenvalue weighted by molar-refractivity contribution is -0.138. The van der Waals surface area contributed by atoms with Crippen molar-refractivity contribution in [3.05, 3.63) is 87.7 Å². The third-order valence-electron chi connectivity index (χ3n) is 6.16. The van der Waals surface area contributed by atoms with Crippen LogP contribution >= 0.6 is 23.4 Å². The van der Waals surface area contributed by atoms with E-state index in [4.69, 9.17) is 11.6 Å². The molecule has 0 radical (unpaired) electrons. The van der Waals surface area contributed by atoms with Crippen molar-refractivity contribution in [2.75, 3.05) is 13.6 Å². The van der Waals surface area contributed by atoms with E-state index in [-0.39, 0.29) is 17.0 Å². The van der Waals surface area contributed by atoms with Gasteiger partial charge in [0.05, 0.1) is 22.2 Å². The van der Waals surface area contributed by atoms with Gasteiger partial charge in [-0.25, -0.2) is 0 Å². The van der Waals surface area contributed by atoms with Gasteiger partial charge < -0.3 is 4.90 Å². The first-order valence-corrected chi connectivity index (χ1v) is 12.9. The van der Waals surface area contributed by atoms with E-state index in [0.717, 1.165) is 23.4 Å². The predicted octanol–water partition coefficient (Wildman–Crippen LogP) is 6.04. The highest BCUT2D eigenvalue weighted by Crippen LogP contribution is 2.40. The highest BCUT2D eigenvalue weighted by atomic mass is 35.5. The number of allylic oxidation sites excluding steroid dienone is 1. The van der Waals surface area contributed by atoms with Crippen LogP contribution in [0.4, 0.5) is 13.2 Å². The Hall–Kier alpha value is -3.57. The molecular formula is C26H22ClF3N6OS. The van der Waals surface area contributed by atoms with Gasteiger partial charge in [-0.15, -0.1) is 0 Å². The summed E-state index contributed by atoms with van der Waals surface area (Å²) in [5.41, 5.74) is 1.04. The topological polar surface area (TPSA) is 79.2 Å². The number of thioether (sulfide) groups is 1. The molecule has 2 aromatic heterocycles. The Morgan fingerprint density at radius 2 is 2.05 bits per heavy atom. The summed E-state index contributed by atoms with van der Waals surface area (Å²) in [6.45, 7) is 1.33. The molecule has 196 valence electrons. The molecule has 4 aromatic rings. The number of benzene rings is 2. The van der Waals surface area contributed by atoms with E-state index in [2.05, 4.69) is 20.3 Å². The highest BCUT2D eigenvalue weighted by Gasteiger charge is 2.35. The van der Waals surface area contributed by atoms with Gasteiger partial charge in [0.1, 0.15) is 0 Å². The van der Waals surface area contributed by atoms with E-state index in [1.807, 2.05) is 35.0 Å². The van der Waals surface area contributed by atoms with Crippen LogP contribution < -0.4 is 0 Å². The SMILES string of the molecule is CN(CCCn1cccn1)C1=NC(=O)C(=C(Cc2ccc(Cl)cc2C(F)(F)F)c2ccc3[nH]ncc3c2)S1. The summed E-state index contributed by atoms with van der Waals surface area (Å²) in [7, 11) is 1.84. The number of aromatic nitrogens is 4. The number of aromatic amines is 1. The predicted molar refractivity (Wildman–Crippen MR) is 143 cm³/mol. The van der Waals surface area contributed by atoms with E-state index in [0.29, 0.717) is 34.3 Å². The van der Waals surface area contributed by atoms with Crippen LogP contribution in [0.2, 0.25) is 5.02 Å². The molecule has 1 aliphatic rings. The molecule has 38 heavy (non-hydrogen) atoms. The lowest BCUT2D eigenvalue weighted by atomic mass is 9.93. The number of rotatable bonds is 7. The van der Waals surface area contributed by atoms with Crippen LogP contribution in [0.15, 0.2) is 71.0 Å². The Morgan fingerprint density at radius 1 is 1.21 bits per heavy atom. The number of halogens is 4. The van der Waals surface area contributed by atoms with E-state index in [1.54, 1.807) is 24.5 Å². The minimum absolute atomic E-state index is 0.0104. The number of nitrogens with one attached hydrogen (secondary N) is 1. The van der Waals surface area contributed by atoms with Gasteiger partial charge in [0.2, 0.25) is 0 Å². The summed E-state index contributed by atoms with van der Waals surface area (Å²) >= 11 is 7.07. The maximum absolute atomic E-state index is 13.9. The van der Waals surface area contributed by atoms with Crippen LogP contribution in [0.3, 0.4) is 0 Å². The highest BCUT2D eigenvalue weighted by molar-refractivity contribution is 8.18. The van der Waals surface area contributed by atoms with Crippen molar-refractivity contribution in [2.24, 2.45) is 4.99 Å². The van der Waals surface area contributed by atoms with Crippen molar-refractivity contribution in [3.8, 4) is 0 Å². The number of hydrogen-bond acceptors (Lipinski definition) is 5. The number of amides is 1. The van der Waals surface area contributed by atoms with Crippen molar-refractivity contribution in [2.45, 2.75) is 25.6 Å². The maximum Gasteiger partial charge on any atom is 0.416 e. The summed E-state index contributed by atoms with van der Waals surface area (Å²) in [6.07, 6.45) is 1.26. The molecule has 0 spiro atoms. The number of nitrogens with zero attached hydrogens (tertiary/aromatic N) is 5. The van der Waals surface area contributed by atoms with Gasteiger partial charge in [0.15, 0.2) is 5.17 Å². The fourth-order valence-corrected chi connectivity index (χ4v) is 5.43. The molecule has 7 nitrogen and oxygen atoms in total. The van der Waals surface area contributed by atoms with E-state index in [9.17, 15) is 18.0 Å². The minimum atomic E-state index is -4.60. The zero-order valence-corrected chi connectivity index (χ0v) is 21.7. The molecule has 2 aromatic carbocycles. The molecular weight excluding hydrogens is 537 g/mol. The smallest absolute Gasteiger partial charge is 0.354 e. The third kappa shape index (κ3) is 5.63. The van der Waals surface area contributed by atoms with Crippen LogP contribution in [0.1, 0.15) is 23.1 Å². The fourth-order valence-electron chi connectivity index (χ4n) is 4.25. The van der Waals surface area contributed by atoms with Crippen LogP contribution in [-0.2, 0) is 23.9 Å². The van der Waals surface area contributed by atoms with Crippen molar-refractivity contribution in [1.82, 2.24) is 24.9 Å². The molecule has 0 fully saturated rings. The van der Waals surface area contributed by atoms with Gasteiger partial charge >= 0.3 is 6.18 Å². The van der Waals surface area contributed by atoms with Crippen molar-refractivity contribution >= 4 is 50.9 Å². The standard InChI is InChI=1S/C26H22ClF3N6OS/c1-35(9-3-11-36-10-2-8-32-36)25-33-24(37)23(38-25)20(16-5-7-22-18(12-16)15-31-34-22)13-17-4-6-19(27)14-21(17)26(28,29)30/h2,4-8,10,12,14-15H,3,9,11,13H2,1H3,(H,31,34). The Kier molecular flexibility index (Phi) is 7.31. The normalized spacial score (nSPS) is 15.3. The summed E-state index contributed by atoms with van der Waals surface area (Å²) in [6, 6.07) is 10.9. The number of aliphatic imine (C=N–C) groups is 1. The lowest BCUT2D eigenvalue weighted by Gasteiger charge is -2.19. The van der Waals surface area contributed by atoms with Crippen molar-refractivity contribution < 1.29 is 18.0 Å². The van der Waals surface area contributed by atoms with Gasteiger partial charge in [-0.05, 0) is 71.6 Å². The van der Waals surface area contributed by atoms with Gasteiger partial charge in [-0.1, -0.05) is 23.7 Å². The van der Waals surface area contributed by atoms with Gasteiger partial charge in [-0.2, -0.15) is 28.4 Å². The quantitative estimate of drug-likeness (QED) is 0.280. The summed E-state index contributed by atoms with van der Waals surface area (Å²) in [5.74, 6) is -0.478. The number of carbonyl (C=O) groups excluding carboxylic acids is 1. The molecule has 1 aliphatic heterocycles. The van der Waals surface area contributed by atoms with Gasteiger partial charge in [0.25, 0.3) is 5.91 Å². The van der Waals surface area contributed by atoms with Gasteiger partial charge in [0, 0.05) is 42.9 Å². The minimum Gasteiger partial charge on any atom is -0.354 e. The molecule has 0 atom stereocenters. The van der Waals surface area contributed by atoms with Crippen LogP contribution in [0, 0.1) is 0 Å². The Balaban J connectivity index is 1.48. The molecule has 0 saturated heterocycles. The second-order valence-electron chi connectivity index (χ2n) is 8.80. The number of hydrogen-bond donors (Lipinski definition) is 1. The Morgan fingerprint density at radius 3 is 2.82 bits per heavy atom. The average Bonchev–Trinajstić information content (AvgIpc) is 3.63. The maximum atomic E-state index is 13.9. The second-order valence-corrected chi connectivity index (χ2v) is 10.2. The summed E-state index contributed by atoms with van der Waals surface area (Å²) in [5, 5.41) is 12.3. The molecule has 3 heterocycles. The molecule has 1 N–H and O–H groups in total. The number of amidine groups is 1. The van der Waals surface area contributed by atoms with Crippen LogP contribution in [-0.4, -0.2) is 49.5 Å². The molecule has 1 amide bonds. The molecule has 0 aliphatic carbocycles. The fraction of sp³-hybridized carbons (Fsp3) is 0.231. The van der Waals surface area contributed by atoms with Crippen LogP contribution in [0.5, 0.6) is 0 Å².